The topological polar surface area (TPSA) is 73.6 Å². The highest BCUT2D eigenvalue weighted by atomic mass is 16.5. The van der Waals surface area contributed by atoms with Gasteiger partial charge in [0.2, 0.25) is 0 Å². The second-order valence-electron chi connectivity index (χ2n) is 4.64. The van der Waals surface area contributed by atoms with Crippen molar-refractivity contribution in [2.75, 3.05) is 7.11 Å². The summed E-state index contributed by atoms with van der Waals surface area (Å²) in [5, 5.41) is 2.80. The van der Waals surface area contributed by atoms with Crippen LogP contribution >= 0.6 is 0 Å². The molecule has 106 valence electrons. The second-order valence-corrected chi connectivity index (χ2v) is 4.64. The molecule has 0 aromatic heterocycles. The van der Waals surface area contributed by atoms with E-state index in [1.807, 2.05) is 26.0 Å². The molecule has 5 nitrogen and oxygen atoms in total. The van der Waals surface area contributed by atoms with E-state index in [4.69, 9.17) is 15.2 Å². The summed E-state index contributed by atoms with van der Waals surface area (Å²) in [4.78, 5) is 11.8. The molecule has 1 aromatic carbocycles. The molecular formula is C14H22N2O3. The molecule has 0 saturated carbocycles. The third-order valence-electron chi connectivity index (χ3n) is 2.52. The molecule has 1 aromatic rings. The zero-order valence-corrected chi connectivity index (χ0v) is 11.9. The summed E-state index contributed by atoms with van der Waals surface area (Å²) in [5.74, 6) is 1.09. The van der Waals surface area contributed by atoms with Gasteiger partial charge in [0.15, 0.2) is 6.10 Å². The Morgan fingerprint density at radius 3 is 2.42 bits per heavy atom. The first-order valence-electron chi connectivity index (χ1n) is 6.31. The van der Waals surface area contributed by atoms with Crippen LogP contribution in [0.1, 0.15) is 26.3 Å². The van der Waals surface area contributed by atoms with Crippen molar-refractivity contribution in [2.24, 2.45) is 5.73 Å². The third kappa shape index (κ3) is 4.79. The Hall–Kier alpha value is -1.75. The van der Waals surface area contributed by atoms with Crippen LogP contribution in [0.3, 0.4) is 0 Å². The highest BCUT2D eigenvalue weighted by molar-refractivity contribution is 5.80. The quantitative estimate of drug-likeness (QED) is 0.817. The maximum absolute atomic E-state index is 11.8. The fraction of sp³-hybridized carbons (Fsp3) is 0.500. The van der Waals surface area contributed by atoms with Crippen molar-refractivity contribution in [1.29, 1.82) is 0 Å². The van der Waals surface area contributed by atoms with Gasteiger partial charge >= 0.3 is 0 Å². The monoisotopic (exact) mass is 266 g/mol. The lowest BCUT2D eigenvalue weighted by Crippen LogP contribution is -2.40. The molecule has 19 heavy (non-hydrogen) atoms. The number of hydrogen-bond acceptors (Lipinski definition) is 4. The number of nitrogens with two attached hydrogens (primary N) is 1. The average molecular weight is 266 g/mol. The van der Waals surface area contributed by atoms with E-state index in [2.05, 4.69) is 5.32 Å². The molecule has 0 heterocycles. The van der Waals surface area contributed by atoms with Gasteiger partial charge in [0.1, 0.15) is 11.5 Å². The van der Waals surface area contributed by atoms with Crippen LogP contribution in [-0.4, -0.2) is 25.2 Å². The molecule has 0 aliphatic heterocycles. The average Bonchev–Trinajstić information content (AvgIpc) is 2.37. The van der Waals surface area contributed by atoms with Gasteiger partial charge in [-0.25, -0.2) is 0 Å². The van der Waals surface area contributed by atoms with Crippen molar-refractivity contribution < 1.29 is 14.3 Å². The number of nitrogens with one attached hydrogen (secondary N) is 1. The zero-order chi connectivity index (χ0) is 14.4. The Kier molecular flexibility index (Phi) is 5.63. The van der Waals surface area contributed by atoms with E-state index in [1.54, 1.807) is 20.1 Å². The van der Waals surface area contributed by atoms with Crippen molar-refractivity contribution >= 4 is 5.91 Å². The van der Waals surface area contributed by atoms with Crippen LogP contribution in [0.25, 0.3) is 0 Å². The summed E-state index contributed by atoms with van der Waals surface area (Å²) < 4.78 is 10.8. The Morgan fingerprint density at radius 1 is 1.26 bits per heavy atom. The Balaban J connectivity index is 2.78. The van der Waals surface area contributed by atoms with Gasteiger partial charge in [0, 0.05) is 18.7 Å². The lowest BCUT2D eigenvalue weighted by atomic mass is 10.2. The van der Waals surface area contributed by atoms with Crippen molar-refractivity contribution in [3.63, 3.8) is 0 Å². The lowest BCUT2D eigenvalue weighted by molar-refractivity contribution is -0.127. The second kappa shape index (κ2) is 6.99. The van der Waals surface area contributed by atoms with E-state index in [0.717, 1.165) is 5.56 Å². The van der Waals surface area contributed by atoms with Crippen LogP contribution in [0.15, 0.2) is 18.2 Å². The van der Waals surface area contributed by atoms with Crippen molar-refractivity contribution in [1.82, 2.24) is 5.32 Å². The molecule has 0 radical (unpaired) electrons. The molecule has 1 atom stereocenters. The van der Waals surface area contributed by atoms with Crippen LogP contribution in [0.4, 0.5) is 0 Å². The summed E-state index contributed by atoms with van der Waals surface area (Å²) in [6.45, 7) is 5.91. The summed E-state index contributed by atoms with van der Waals surface area (Å²) >= 11 is 0. The predicted octanol–water partition coefficient (Wildman–Crippen LogP) is 1.45. The van der Waals surface area contributed by atoms with E-state index in [1.165, 1.54) is 0 Å². The summed E-state index contributed by atoms with van der Waals surface area (Å²) in [6.07, 6.45) is -0.569. The number of rotatable bonds is 6. The molecular weight excluding hydrogens is 244 g/mol. The molecule has 3 N–H and O–H groups in total. The molecule has 0 saturated heterocycles. The number of ether oxygens (including phenoxy) is 2. The van der Waals surface area contributed by atoms with Crippen LogP contribution in [0.5, 0.6) is 11.5 Å². The molecule has 0 aliphatic carbocycles. The van der Waals surface area contributed by atoms with E-state index < -0.39 is 6.10 Å². The summed E-state index contributed by atoms with van der Waals surface area (Å²) in [5.41, 5.74) is 6.50. The minimum absolute atomic E-state index is 0.0865. The first-order valence-corrected chi connectivity index (χ1v) is 6.31. The maximum atomic E-state index is 11.8. The molecule has 1 rings (SSSR count). The predicted molar refractivity (Wildman–Crippen MR) is 74.3 cm³/mol. The van der Waals surface area contributed by atoms with E-state index in [9.17, 15) is 4.79 Å². The van der Waals surface area contributed by atoms with Crippen LogP contribution in [-0.2, 0) is 11.3 Å². The number of methoxy groups -OCH3 is 1. The molecule has 0 bridgehead atoms. The van der Waals surface area contributed by atoms with Gasteiger partial charge in [-0.1, -0.05) is 0 Å². The Morgan fingerprint density at radius 2 is 1.89 bits per heavy atom. The number of amides is 1. The van der Waals surface area contributed by atoms with Gasteiger partial charge in [-0.15, -0.1) is 0 Å². The van der Waals surface area contributed by atoms with Crippen LogP contribution < -0.4 is 20.5 Å². The highest BCUT2D eigenvalue weighted by Crippen LogP contribution is 2.23. The van der Waals surface area contributed by atoms with Crippen molar-refractivity contribution in [3.05, 3.63) is 23.8 Å². The molecule has 0 spiro atoms. The van der Waals surface area contributed by atoms with Crippen molar-refractivity contribution in [2.45, 2.75) is 39.5 Å². The Labute approximate surface area is 114 Å². The SMILES string of the molecule is COc1cc(CN)cc(OC(C)C(=O)NC(C)C)c1. The summed E-state index contributed by atoms with van der Waals surface area (Å²) in [7, 11) is 1.58. The lowest BCUT2D eigenvalue weighted by Gasteiger charge is -2.17. The number of carbonyl (C=O) groups is 1. The fourth-order valence-corrected chi connectivity index (χ4v) is 1.59. The summed E-state index contributed by atoms with van der Waals surface area (Å²) in [6, 6.07) is 5.47. The molecule has 1 unspecified atom stereocenters. The first kappa shape index (κ1) is 15.3. The van der Waals surface area contributed by atoms with Crippen LogP contribution in [0.2, 0.25) is 0 Å². The fourth-order valence-electron chi connectivity index (χ4n) is 1.59. The first-order chi connectivity index (χ1) is 8.96. The van der Waals surface area contributed by atoms with E-state index in [-0.39, 0.29) is 11.9 Å². The van der Waals surface area contributed by atoms with E-state index in [0.29, 0.717) is 18.0 Å². The van der Waals surface area contributed by atoms with E-state index >= 15 is 0 Å². The minimum atomic E-state index is -0.569. The smallest absolute Gasteiger partial charge is 0.260 e. The van der Waals surface area contributed by atoms with Gasteiger partial charge in [0.25, 0.3) is 5.91 Å². The normalized spacial score (nSPS) is 12.1. The largest absolute Gasteiger partial charge is 0.497 e. The number of benzene rings is 1. The third-order valence-corrected chi connectivity index (χ3v) is 2.52. The zero-order valence-electron chi connectivity index (χ0n) is 11.9. The van der Waals surface area contributed by atoms with Crippen molar-refractivity contribution in [3.8, 4) is 11.5 Å². The standard InChI is InChI=1S/C14H22N2O3/c1-9(2)16-14(17)10(3)19-13-6-11(8-15)5-12(7-13)18-4/h5-7,9-10H,8,15H2,1-4H3,(H,16,17). The number of carbonyl (C=O) groups excluding carboxylic acids is 1. The van der Waals surface area contributed by atoms with Gasteiger partial charge in [-0.05, 0) is 38.5 Å². The Bertz CT molecular complexity index is 410. The maximum Gasteiger partial charge on any atom is 0.260 e. The molecule has 1 amide bonds. The molecule has 0 fully saturated rings. The highest BCUT2D eigenvalue weighted by Gasteiger charge is 2.16. The number of hydrogen-bond donors (Lipinski definition) is 2. The molecule has 5 heteroatoms. The van der Waals surface area contributed by atoms with Gasteiger partial charge in [-0.3, -0.25) is 4.79 Å². The van der Waals surface area contributed by atoms with Gasteiger partial charge < -0.3 is 20.5 Å². The van der Waals surface area contributed by atoms with Crippen LogP contribution in [0, 0.1) is 0 Å². The van der Waals surface area contributed by atoms with Gasteiger partial charge in [0.05, 0.1) is 7.11 Å². The minimum Gasteiger partial charge on any atom is -0.497 e. The molecule has 0 aliphatic rings. The van der Waals surface area contributed by atoms with Gasteiger partial charge in [-0.2, -0.15) is 0 Å².